The molecular formula is C58H93FNO16W-3. The summed E-state index contributed by atoms with van der Waals surface area (Å²) in [5, 5.41) is 60.1. The molecular weight excluding hydrogens is 1170 g/mol. The Morgan fingerprint density at radius 3 is 2.22 bits per heavy atom. The van der Waals surface area contributed by atoms with Crippen molar-refractivity contribution < 1.29 is 103 Å². The van der Waals surface area contributed by atoms with Gasteiger partial charge in [-0.25, -0.2) is 9.18 Å². The van der Waals surface area contributed by atoms with E-state index < -0.39 is 136 Å². The second-order valence-corrected chi connectivity index (χ2v) is 24.1. The molecule has 4 unspecified atom stereocenters. The van der Waals surface area contributed by atoms with E-state index in [1.54, 1.807) is 68.0 Å². The Balaban J connectivity index is 0.00000520. The number of alkyl halides is 1. The van der Waals surface area contributed by atoms with Crippen molar-refractivity contribution in [3.05, 3.63) is 45.1 Å². The van der Waals surface area contributed by atoms with Gasteiger partial charge in [0.2, 0.25) is 0 Å². The molecule has 0 spiro atoms. The van der Waals surface area contributed by atoms with E-state index in [-0.39, 0.29) is 98.9 Å². The summed E-state index contributed by atoms with van der Waals surface area (Å²) in [7, 11) is 1.78. The Kier molecular flexibility index (Phi) is 23.2. The molecule has 6 rings (SSSR count). The summed E-state index contributed by atoms with van der Waals surface area (Å²) >= 11 is 0. The van der Waals surface area contributed by atoms with E-state index in [2.05, 4.69) is 0 Å². The third-order valence-electron chi connectivity index (χ3n) is 18.6. The molecule has 17 nitrogen and oxygen atoms in total. The largest absolute Gasteiger partial charge is 0.490 e. The Labute approximate surface area is 472 Å². The van der Waals surface area contributed by atoms with Crippen LogP contribution in [0.3, 0.4) is 0 Å². The van der Waals surface area contributed by atoms with Crippen LogP contribution in [0.1, 0.15) is 147 Å². The third kappa shape index (κ3) is 13.0. The van der Waals surface area contributed by atoms with Gasteiger partial charge in [-0.1, -0.05) is 46.3 Å². The number of likely N-dealkylation sites (N-methyl/N-ethyl adjacent to an activating group) is 1. The molecule has 0 aromatic carbocycles. The normalized spacial score (nSPS) is 44.6. The third-order valence-corrected chi connectivity index (χ3v) is 18.6. The van der Waals surface area contributed by atoms with Gasteiger partial charge in [0.1, 0.15) is 23.9 Å². The summed E-state index contributed by atoms with van der Waals surface area (Å²) in [6.07, 6.45) is -1.42. The molecule has 77 heavy (non-hydrogen) atoms. The van der Waals surface area contributed by atoms with Crippen molar-refractivity contribution in [2.45, 2.75) is 225 Å². The number of rotatable bonds is 11. The molecule has 0 bridgehead atoms. The first-order valence-electron chi connectivity index (χ1n) is 27.1. The number of ketones is 1. The van der Waals surface area contributed by atoms with Crippen LogP contribution in [0.15, 0.2) is 23.8 Å². The Bertz CT molecular complexity index is 2140. The molecule has 0 aromatic heterocycles. The number of esters is 4. The fourth-order valence-corrected chi connectivity index (χ4v) is 14.3. The van der Waals surface area contributed by atoms with Crippen molar-refractivity contribution in [2.75, 3.05) is 20.2 Å². The zero-order valence-electron chi connectivity index (χ0n) is 48.4. The standard InChI is InChI=1S/C56H87FNO16.2CH3.W/c1-14-43-54(12,67)46(63)35(7)58(13)29-30(2)27-53(11,66)47(74-49-41(71-36(8)59)21-18-32(4)70-49)33(5)45(34(6)48(64)72-43)73-44(62)17-15-16-24-69-50(65)56(68)31(3)25-40-39-20-19-37-26-38(60)22-23-51(37,9)55(39,57)42(61)28-52(40,56)10;;;/h21-23,26,30-35,39-43,45-47,49,61,63,66-68H,14-20,24-25,27-29H2,1-13H3;2*1H3;/q3*-1;/t30-,31-,32?,33+,34-,35-,39?,40?,41-,42+,43-,45+,46-,47-,49?,51+,52+,53-,54-,55+,56+;;;/m1.../s1. The average molecular weight is 1260 g/mol. The number of carbonyl (C=O) groups is 5. The molecule has 21 atom stereocenters. The van der Waals surface area contributed by atoms with Crippen molar-refractivity contribution in [1.82, 2.24) is 4.90 Å². The molecule has 0 aromatic rings. The smallest absolute Gasteiger partial charge is 0.338 e. The van der Waals surface area contributed by atoms with Gasteiger partial charge < -0.3 is 73.7 Å². The van der Waals surface area contributed by atoms with E-state index in [0.717, 1.165) is 0 Å². The monoisotopic (exact) mass is 1260 g/mol. The van der Waals surface area contributed by atoms with Crippen LogP contribution < -0.4 is 0 Å². The number of ether oxygens (including phenoxy) is 6. The summed E-state index contributed by atoms with van der Waals surface area (Å²) in [4.78, 5) is 68.9. The van der Waals surface area contributed by atoms with Crippen molar-refractivity contribution in [1.29, 1.82) is 0 Å². The Morgan fingerprint density at radius 1 is 0.948 bits per heavy atom. The van der Waals surface area contributed by atoms with E-state index in [4.69, 9.17) is 28.4 Å². The molecule has 2 saturated heterocycles. The topological polar surface area (TPSA) is 245 Å². The molecule has 0 amide bonds. The van der Waals surface area contributed by atoms with Gasteiger partial charge in [0.25, 0.3) is 5.97 Å². The predicted octanol–water partition coefficient (Wildman–Crippen LogP) is 6.33. The van der Waals surface area contributed by atoms with Crippen molar-refractivity contribution >= 4 is 29.7 Å². The number of nitrogens with zero attached hydrogens (tertiary/aromatic N) is 1. The van der Waals surface area contributed by atoms with Gasteiger partial charge in [0.15, 0.2) is 23.3 Å². The summed E-state index contributed by atoms with van der Waals surface area (Å²) in [5.41, 5.74) is -9.67. The van der Waals surface area contributed by atoms with Crippen LogP contribution in [0.25, 0.3) is 0 Å². The van der Waals surface area contributed by atoms with Crippen LogP contribution in [0, 0.1) is 67.6 Å². The first kappa shape index (κ1) is 68.6. The molecule has 4 aliphatic carbocycles. The van der Waals surface area contributed by atoms with Gasteiger partial charge in [-0.2, -0.15) is 0 Å². The number of carbonyl (C=O) groups excluding carboxylic acids is 5. The van der Waals surface area contributed by atoms with Gasteiger partial charge in [-0.15, -0.1) is 6.42 Å². The average Bonchev–Trinajstić information content (AvgIpc) is 3.52. The predicted molar refractivity (Wildman–Crippen MR) is 281 cm³/mol. The van der Waals surface area contributed by atoms with Crippen LogP contribution >= 0.6 is 0 Å². The first-order valence-corrected chi connectivity index (χ1v) is 27.1. The minimum atomic E-state index is -2.14. The zero-order valence-corrected chi connectivity index (χ0v) is 51.3. The molecule has 5 N–H and O–H groups in total. The van der Waals surface area contributed by atoms with Crippen LogP contribution in [-0.4, -0.2) is 158 Å². The summed E-state index contributed by atoms with van der Waals surface area (Å²) in [5.74, 6) is -7.60. The minimum Gasteiger partial charge on any atom is -0.490 e. The maximum Gasteiger partial charge on any atom is 0.338 e. The number of hydrogen-bond donors (Lipinski definition) is 5. The van der Waals surface area contributed by atoms with E-state index in [0.29, 0.717) is 37.8 Å². The van der Waals surface area contributed by atoms with E-state index in [9.17, 15) is 49.5 Å². The zero-order chi connectivity index (χ0) is 55.3. The fourth-order valence-electron chi connectivity index (χ4n) is 14.3. The van der Waals surface area contributed by atoms with Gasteiger partial charge in [-0.05, 0) is 130 Å². The number of fused-ring (bicyclic) bond motifs is 5. The molecule has 2 heterocycles. The van der Waals surface area contributed by atoms with Crippen LogP contribution in [0.2, 0.25) is 0 Å². The summed E-state index contributed by atoms with van der Waals surface area (Å²) in [6.45, 7) is 19.9. The number of cyclic esters (lactones) is 1. The van der Waals surface area contributed by atoms with Crippen LogP contribution in [0.4, 0.5) is 4.39 Å². The summed E-state index contributed by atoms with van der Waals surface area (Å²) in [6, 6.07) is -0.624. The van der Waals surface area contributed by atoms with Gasteiger partial charge in [-0.3, -0.25) is 25.6 Å². The molecule has 0 radical (unpaired) electrons. The minimum absolute atomic E-state index is 0. The molecule has 5 fully saturated rings. The summed E-state index contributed by atoms with van der Waals surface area (Å²) < 4.78 is 54.1. The quantitative estimate of drug-likeness (QED) is 0.0657. The molecule has 6 aliphatic rings. The van der Waals surface area contributed by atoms with E-state index in [1.165, 1.54) is 32.9 Å². The number of allylic oxidation sites excluding steroid dienone is 4. The maximum absolute atomic E-state index is 17.7. The van der Waals surface area contributed by atoms with Crippen molar-refractivity contribution in [3.63, 3.8) is 0 Å². The second kappa shape index (κ2) is 26.1. The number of halogens is 1. The number of unbranched alkanes of at least 4 members (excludes halogenated alkanes) is 1. The van der Waals surface area contributed by atoms with Gasteiger partial charge in [0.05, 0.1) is 30.3 Å². The van der Waals surface area contributed by atoms with Gasteiger partial charge >= 0.3 is 17.9 Å². The molecule has 19 heteroatoms. The van der Waals surface area contributed by atoms with Crippen LogP contribution in [0.5, 0.6) is 0 Å². The SMILES string of the molecule is CC[C@H]1OC(=O)[C@H](C)[C@@H](OC(=O)CCCCOC(=O)[C@@]2(O)[C@H](C)CC3C4CCC5=CC(=O)C=C[C@]5(C)[C@@]4(F)[C@@H](O)C[C@@]32C)[C@H](C)[C@@H](OC2OC(C)C[CH-][C@H]2OC(C)=O)[C@](C)(O)C[C@@H](C)CN(C)[C@H](C)[C@@H](O)[C@]1(C)O.[CH3-].[CH3-].[W]. The number of aliphatic hydroxyl groups is 5. The number of hydrogen-bond acceptors (Lipinski definition) is 17. The van der Waals surface area contributed by atoms with Crippen LogP contribution in [-0.2, 0) is 73.5 Å². The molecule has 442 valence electrons. The Morgan fingerprint density at radius 2 is 1.60 bits per heavy atom. The Hall–Kier alpha value is -2.67. The molecule has 3 saturated carbocycles. The van der Waals surface area contributed by atoms with Gasteiger partial charge in [0, 0.05) is 81.9 Å². The maximum atomic E-state index is 17.7. The molecule has 2 aliphatic heterocycles. The van der Waals surface area contributed by atoms with E-state index >= 15 is 4.39 Å². The van der Waals surface area contributed by atoms with Crippen molar-refractivity contribution in [2.24, 2.45) is 46.3 Å². The van der Waals surface area contributed by atoms with E-state index in [1.807, 2.05) is 18.7 Å². The van der Waals surface area contributed by atoms with Crippen molar-refractivity contribution in [3.8, 4) is 0 Å². The fraction of sp³-hybridized carbons (Fsp3) is 0.793. The number of aliphatic hydroxyl groups excluding tert-OH is 2. The second-order valence-electron chi connectivity index (χ2n) is 24.1. The first-order chi connectivity index (χ1) is 34.3.